The van der Waals surface area contributed by atoms with Crippen molar-refractivity contribution in [2.24, 2.45) is 0 Å². The first-order valence-corrected chi connectivity index (χ1v) is 4.79. The number of aromatic nitrogens is 1. The smallest absolute Gasteiger partial charge is 0.0642 e. The maximum Gasteiger partial charge on any atom is 0.0642 e. The fourth-order valence-corrected chi connectivity index (χ4v) is 1.11. The quantitative estimate of drug-likeness (QED) is 0.759. The lowest BCUT2D eigenvalue weighted by molar-refractivity contribution is 0.331. The average Bonchev–Trinajstić information content (AvgIpc) is 2.31. The van der Waals surface area contributed by atoms with Crippen LogP contribution < -0.4 is 0 Å². The van der Waals surface area contributed by atoms with Crippen molar-refractivity contribution >= 4 is 5.57 Å². The molecule has 2 heteroatoms. The molecule has 1 aromatic heterocycles. The molecule has 0 unspecified atom stereocenters. The Morgan fingerprint density at radius 3 is 2.60 bits per heavy atom. The van der Waals surface area contributed by atoms with Gasteiger partial charge in [0.2, 0.25) is 0 Å². The van der Waals surface area contributed by atoms with Crippen molar-refractivity contribution in [1.29, 1.82) is 0 Å². The van der Waals surface area contributed by atoms with E-state index in [-0.39, 0.29) is 6.61 Å². The number of aliphatic hydroxyl groups is 1. The van der Waals surface area contributed by atoms with Gasteiger partial charge < -0.3 is 5.11 Å². The van der Waals surface area contributed by atoms with Crippen LogP contribution in [0.25, 0.3) is 5.57 Å². The van der Waals surface area contributed by atoms with E-state index < -0.39 is 0 Å². The molecule has 1 N–H and O–H groups in total. The second kappa shape index (κ2) is 5.94. The van der Waals surface area contributed by atoms with Crippen LogP contribution in [0.2, 0.25) is 0 Å². The van der Waals surface area contributed by atoms with Crippen molar-refractivity contribution in [2.45, 2.75) is 6.92 Å². The van der Waals surface area contributed by atoms with Gasteiger partial charge in [-0.15, -0.1) is 0 Å². The molecule has 0 aliphatic heterocycles. The van der Waals surface area contributed by atoms with E-state index in [1.165, 1.54) is 0 Å². The van der Waals surface area contributed by atoms with Gasteiger partial charge in [0.05, 0.1) is 6.61 Å². The molecule has 0 saturated heterocycles. The summed E-state index contributed by atoms with van der Waals surface area (Å²) in [5, 5.41) is 8.86. The summed E-state index contributed by atoms with van der Waals surface area (Å²) in [6.07, 6.45) is 9.10. The highest BCUT2D eigenvalue weighted by Gasteiger charge is 1.94. The summed E-state index contributed by atoms with van der Waals surface area (Å²) >= 11 is 0. The Labute approximate surface area is 90.3 Å². The molecule has 0 amide bonds. The molecule has 1 heterocycles. The predicted molar refractivity (Wildman–Crippen MR) is 63.3 cm³/mol. The van der Waals surface area contributed by atoms with Crippen LogP contribution in [0, 0.1) is 0 Å². The summed E-state index contributed by atoms with van der Waals surface area (Å²) in [6.45, 7) is 5.72. The molecule has 0 aliphatic carbocycles. The van der Waals surface area contributed by atoms with Crippen LogP contribution >= 0.6 is 0 Å². The van der Waals surface area contributed by atoms with Crippen molar-refractivity contribution in [1.82, 2.24) is 4.98 Å². The van der Waals surface area contributed by atoms with Crippen LogP contribution in [0.5, 0.6) is 0 Å². The van der Waals surface area contributed by atoms with E-state index in [2.05, 4.69) is 11.6 Å². The zero-order valence-electron chi connectivity index (χ0n) is 8.85. The fourth-order valence-electron chi connectivity index (χ4n) is 1.11. The zero-order chi connectivity index (χ0) is 11.1. The van der Waals surface area contributed by atoms with Gasteiger partial charge >= 0.3 is 0 Å². The first kappa shape index (κ1) is 11.4. The van der Waals surface area contributed by atoms with Crippen molar-refractivity contribution in [2.75, 3.05) is 6.61 Å². The topological polar surface area (TPSA) is 33.1 Å². The van der Waals surface area contributed by atoms with Crippen molar-refractivity contribution < 1.29 is 5.11 Å². The molecule has 0 spiro atoms. The molecule has 2 nitrogen and oxygen atoms in total. The predicted octanol–water partition coefficient (Wildman–Crippen LogP) is 2.59. The second-order valence-electron chi connectivity index (χ2n) is 3.23. The molecule has 0 aromatic carbocycles. The van der Waals surface area contributed by atoms with Gasteiger partial charge in [0.25, 0.3) is 0 Å². The molecular formula is C13H15NO. The molecular weight excluding hydrogens is 186 g/mol. The third-order valence-corrected chi connectivity index (χ3v) is 2.03. The van der Waals surface area contributed by atoms with Crippen LogP contribution in [-0.2, 0) is 0 Å². The number of rotatable bonds is 4. The first-order chi connectivity index (χ1) is 7.27. The standard InChI is InChI=1S/C13H15NO/c1-3-12(5-4-11(2)10-15)13-6-8-14-9-7-13/h3-9,15H,1,10H2,2H3/b11-4+,12-5+. The SMILES string of the molecule is C=C/C(=C\C=C(/C)CO)c1ccncc1. The summed E-state index contributed by atoms with van der Waals surface area (Å²) in [4.78, 5) is 3.96. The Morgan fingerprint density at radius 1 is 1.40 bits per heavy atom. The van der Waals surface area contributed by atoms with E-state index in [0.717, 1.165) is 16.7 Å². The Bertz CT molecular complexity index is 377. The van der Waals surface area contributed by atoms with Crippen molar-refractivity contribution in [3.63, 3.8) is 0 Å². The number of pyridine rings is 1. The number of hydrogen-bond donors (Lipinski definition) is 1. The maximum atomic E-state index is 8.86. The van der Waals surface area contributed by atoms with Crippen molar-refractivity contribution in [3.8, 4) is 0 Å². The van der Waals surface area contributed by atoms with Crippen LogP contribution in [-0.4, -0.2) is 16.7 Å². The van der Waals surface area contributed by atoms with E-state index in [1.54, 1.807) is 18.5 Å². The molecule has 1 rings (SSSR count). The molecule has 0 radical (unpaired) electrons. The number of hydrogen-bond acceptors (Lipinski definition) is 2. The molecule has 78 valence electrons. The van der Waals surface area contributed by atoms with Gasteiger partial charge in [-0.2, -0.15) is 0 Å². The van der Waals surface area contributed by atoms with Gasteiger partial charge in [-0.1, -0.05) is 24.8 Å². The van der Waals surface area contributed by atoms with Crippen LogP contribution in [0.4, 0.5) is 0 Å². The summed E-state index contributed by atoms with van der Waals surface area (Å²) in [7, 11) is 0. The molecule has 15 heavy (non-hydrogen) atoms. The Kier molecular flexibility index (Phi) is 4.51. The summed E-state index contributed by atoms with van der Waals surface area (Å²) in [5.41, 5.74) is 3.01. The van der Waals surface area contributed by atoms with Crippen LogP contribution in [0.3, 0.4) is 0 Å². The van der Waals surface area contributed by atoms with Crippen LogP contribution in [0.1, 0.15) is 12.5 Å². The minimum Gasteiger partial charge on any atom is -0.392 e. The highest BCUT2D eigenvalue weighted by atomic mass is 16.3. The van der Waals surface area contributed by atoms with Gasteiger partial charge in [-0.05, 0) is 35.8 Å². The van der Waals surface area contributed by atoms with Gasteiger partial charge in [-0.25, -0.2) is 0 Å². The Hall–Kier alpha value is -1.67. The highest BCUT2D eigenvalue weighted by molar-refractivity contribution is 5.74. The lowest BCUT2D eigenvalue weighted by Crippen LogP contribution is -1.84. The van der Waals surface area contributed by atoms with Crippen LogP contribution in [0.15, 0.2) is 54.9 Å². The van der Waals surface area contributed by atoms with Gasteiger partial charge in [-0.3, -0.25) is 4.98 Å². The Balaban J connectivity index is 2.95. The molecule has 1 aromatic rings. The third-order valence-electron chi connectivity index (χ3n) is 2.03. The fraction of sp³-hybridized carbons (Fsp3) is 0.154. The average molecular weight is 201 g/mol. The van der Waals surface area contributed by atoms with Crippen molar-refractivity contribution in [3.05, 3.63) is 60.5 Å². The minimum absolute atomic E-state index is 0.0806. The second-order valence-corrected chi connectivity index (χ2v) is 3.23. The van der Waals surface area contributed by atoms with Gasteiger partial charge in [0.1, 0.15) is 0 Å². The highest BCUT2D eigenvalue weighted by Crippen LogP contribution is 2.14. The van der Waals surface area contributed by atoms with Gasteiger partial charge in [0, 0.05) is 12.4 Å². The largest absolute Gasteiger partial charge is 0.392 e. The van der Waals surface area contributed by atoms with Gasteiger partial charge in [0.15, 0.2) is 0 Å². The molecule has 0 aliphatic rings. The lowest BCUT2D eigenvalue weighted by atomic mass is 10.1. The summed E-state index contributed by atoms with van der Waals surface area (Å²) in [6, 6.07) is 3.85. The first-order valence-electron chi connectivity index (χ1n) is 4.79. The molecule has 0 bridgehead atoms. The maximum absolute atomic E-state index is 8.86. The monoisotopic (exact) mass is 201 g/mol. The zero-order valence-corrected chi connectivity index (χ0v) is 8.85. The summed E-state index contributed by atoms with van der Waals surface area (Å²) in [5.74, 6) is 0. The molecule has 0 saturated carbocycles. The number of aliphatic hydroxyl groups excluding tert-OH is 1. The van der Waals surface area contributed by atoms with E-state index in [0.29, 0.717) is 0 Å². The Morgan fingerprint density at radius 2 is 2.07 bits per heavy atom. The number of nitrogens with zero attached hydrogens (tertiary/aromatic N) is 1. The van der Waals surface area contributed by atoms with E-state index in [9.17, 15) is 0 Å². The molecule has 0 atom stereocenters. The lowest BCUT2D eigenvalue weighted by Gasteiger charge is -2.00. The third kappa shape index (κ3) is 3.52. The minimum atomic E-state index is 0.0806. The molecule has 0 fully saturated rings. The summed E-state index contributed by atoms with van der Waals surface area (Å²) < 4.78 is 0. The number of allylic oxidation sites excluding steroid dienone is 4. The normalized spacial score (nSPS) is 12.7. The van der Waals surface area contributed by atoms with E-state index >= 15 is 0 Å². The van der Waals surface area contributed by atoms with E-state index in [1.807, 2.05) is 31.2 Å². The van der Waals surface area contributed by atoms with E-state index in [4.69, 9.17) is 5.11 Å².